The first kappa shape index (κ1) is 73.0. The summed E-state index contributed by atoms with van der Waals surface area (Å²) in [5.74, 6) is -1.08. The summed E-state index contributed by atoms with van der Waals surface area (Å²) in [7, 11) is 0. The molecule has 0 fully saturated rings. The zero-order valence-corrected chi connectivity index (χ0v) is 49.8. The number of carbonyl (C=O) groups excluding carboxylic acids is 3. The van der Waals surface area contributed by atoms with Crippen LogP contribution in [0.3, 0.4) is 0 Å². The van der Waals surface area contributed by atoms with Crippen molar-refractivity contribution in [3.8, 4) is 0 Å². The van der Waals surface area contributed by atoms with Crippen LogP contribution in [0.2, 0.25) is 0 Å². The standard InChI is InChI=1S/C73H108O6/c1-4-7-10-13-16-19-22-25-27-29-31-33-35-36-38-39-41-43-45-48-51-54-57-60-63-66-72(75)78-69-70(68-77-71(74)65-62-59-56-53-50-47-24-21-18-15-12-9-6-3)79-73(76)67-64-61-58-55-52-49-46-44-42-40-37-34-32-30-28-26-23-20-17-14-11-8-5-2/h7-12,16-21,25-28,31-34,36,38,40-43,46-51,55,58,70H,4-6,13-15,22-24,29-30,35,37,39,44-45,52-54,56-57,59-69H2,1-3H3/b10-7-,11-8-,12-9-,19-16-,20-17-,21-18-,27-25-,28-26-,33-31-,34-32-,38-36-,42-40-,43-41-,49-46-,50-47-,51-48-,58-55-. The SMILES string of the molecule is CC/C=C\C/C=C\C/C=C\C/C=C\C/C=C\C/C=C\C/C=C\CCCCCC(=O)OCC(COC(=O)CCCCC/C=C\C/C=C\C/C=C\CC)OC(=O)CCC/C=C\C/C=C\C/C=C\C/C=C\C/C=C\C/C=C\C/C=C\CC. The summed E-state index contributed by atoms with van der Waals surface area (Å²) in [6.45, 7) is 6.17. The maximum atomic E-state index is 12.9. The first-order valence-electron chi connectivity index (χ1n) is 30.6. The van der Waals surface area contributed by atoms with E-state index in [1.807, 2.05) is 0 Å². The molecule has 0 N–H and O–H groups in total. The average Bonchev–Trinajstić information content (AvgIpc) is 3.45. The Morgan fingerprint density at radius 2 is 0.468 bits per heavy atom. The first-order chi connectivity index (χ1) is 39.0. The lowest BCUT2D eigenvalue weighted by atomic mass is 10.1. The van der Waals surface area contributed by atoms with Crippen molar-refractivity contribution < 1.29 is 28.6 Å². The Kier molecular flexibility index (Phi) is 59.6. The fourth-order valence-electron chi connectivity index (χ4n) is 7.31. The molecule has 6 heteroatoms. The van der Waals surface area contributed by atoms with Crippen LogP contribution in [0.4, 0.5) is 0 Å². The van der Waals surface area contributed by atoms with Crippen LogP contribution in [-0.2, 0) is 28.6 Å². The highest BCUT2D eigenvalue weighted by Gasteiger charge is 2.19. The Balaban J connectivity index is 4.60. The highest BCUT2D eigenvalue weighted by molar-refractivity contribution is 5.71. The largest absolute Gasteiger partial charge is 0.462 e. The van der Waals surface area contributed by atoms with Crippen LogP contribution < -0.4 is 0 Å². The van der Waals surface area contributed by atoms with Gasteiger partial charge >= 0.3 is 17.9 Å². The smallest absolute Gasteiger partial charge is 0.306 e. The van der Waals surface area contributed by atoms with E-state index >= 15 is 0 Å². The van der Waals surface area contributed by atoms with E-state index in [0.717, 1.165) is 167 Å². The van der Waals surface area contributed by atoms with E-state index in [2.05, 4.69) is 227 Å². The van der Waals surface area contributed by atoms with Crippen LogP contribution in [0.1, 0.15) is 213 Å². The normalized spacial score (nSPS) is 13.6. The van der Waals surface area contributed by atoms with E-state index in [9.17, 15) is 14.4 Å². The van der Waals surface area contributed by atoms with Crippen LogP contribution >= 0.6 is 0 Å². The second-order valence-electron chi connectivity index (χ2n) is 19.1. The number of carbonyl (C=O) groups is 3. The molecule has 0 rings (SSSR count). The van der Waals surface area contributed by atoms with E-state index in [4.69, 9.17) is 14.2 Å². The molecular weight excluding hydrogens is 973 g/mol. The molecule has 0 aromatic rings. The molecule has 0 radical (unpaired) electrons. The van der Waals surface area contributed by atoms with E-state index in [1.54, 1.807) is 0 Å². The number of hydrogen-bond acceptors (Lipinski definition) is 6. The minimum atomic E-state index is -0.850. The highest BCUT2D eigenvalue weighted by atomic mass is 16.6. The van der Waals surface area contributed by atoms with Crippen LogP contribution in [0.15, 0.2) is 207 Å². The molecule has 0 aromatic heterocycles. The van der Waals surface area contributed by atoms with Gasteiger partial charge in [0, 0.05) is 19.3 Å². The minimum absolute atomic E-state index is 0.140. The topological polar surface area (TPSA) is 78.9 Å². The van der Waals surface area contributed by atoms with E-state index in [1.165, 1.54) is 0 Å². The molecule has 79 heavy (non-hydrogen) atoms. The van der Waals surface area contributed by atoms with Gasteiger partial charge in [-0.15, -0.1) is 0 Å². The lowest BCUT2D eigenvalue weighted by Gasteiger charge is -2.18. The van der Waals surface area contributed by atoms with Crippen molar-refractivity contribution in [1.82, 2.24) is 0 Å². The molecule has 436 valence electrons. The van der Waals surface area contributed by atoms with E-state index in [0.29, 0.717) is 12.8 Å². The summed E-state index contributed by atoms with van der Waals surface area (Å²) < 4.78 is 16.8. The van der Waals surface area contributed by atoms with Crippen molar-refractivity contribution >= 4 is 17.9 Å². The summed E-state index contributed by atoms with van der Waals surface area (Å²) in [4.78, 5) is 38.2. The summed E-state index contributed by atoms with van der Waals surface area (Å²) in [6.07, 6.45) is 99.7. The number of ether oxygens (including phenoxy) is 3. The van der Waals surface area contributed by atoms with Crippen molar-refractivity contribution in [3.05, 3.63) is 207 Å². The molecule has 1 atom stereocenters. The van der Waals surface area contributed by atoms with Crippen molar-refractivity contribution in [1.29, 1.82) is 0 Å². The third-order valence-electron chi connectivity index (χ3n) is 11.8. The first-order valence-corrected chi connectivity index (χ1v) is 30.6. The molecule has 0 aromatic carbocycles. The van der Waals surface area contributed by atoms with Gasteiger partial charge in [-0.3, -0.25) is 14.4 Å². The van der Waals surface area contributed by atoms with E-state index < -0.39 is 12.1 Å². The quantitative estimate of drug-likeness (QED) is 0.0261. The van der Waals surface area contributed by atoms with Gasteiger partial charge in [0.25, 0.3) is 0 Å². The zero-order chi connectivity index (χ0) is 57.1. The van der Waals surface area contributed by atoms with Crippen molar-refractivity contribution in [2.75, 3.05) is 13.2 Å². The number of unbranched alkanes of at least 4 members (excludes halogenated alkanes) is 7. The molecule has 0 saturated heterocycles. The molecule has 1 unspecified atom stereocenters. The molecule has 0 saturated carbocycles. The fraction of sp³-hybridized carbons (Fsp3) is 0.493. The van der Waals surface area contributed by atoms with Crippen LogP contribution in [0.25, 0.3) is 0 Å². The Hall–Kier alpha value is -6.01. The van der Waals surface area contributed by atoms with Gasteiger partial charge in [0.05, 0.1) is 0 Å². The van der Waals surface area contributed by atoms with Crippen molar-refractivity contribution in [3.63, 3.8) is 0 Å². The highest BCUT2D eigenvalue weighted by Crippen LogP contribution is 2.11. The Labute approximate surface area is 483 Å². The Morgan fingerprint density at radius 1 is 0.253 bits per heavy atom. The molecule has 0 amide bonds. The fourth-order valence-corrected chi connectivity index (χ4v) is 7.31. The van der Waals surface area contributed by atoms with Crippen molar-refractivity contribution in [2.24, 2.45) is 0 Å². The third-order valence-corrected chi connectivity index (χ3v) is 11.8. The molecule has 0 aliphatic rings. The van der Waals surface area contributed by atoms with Gasteiger partial charge < -0.3 is 14.2 Å². The molecule has 0 aliphatic carbocycles. The van der Waals surface area contributed by atoms with Gasteiger partial charge in [-0.05, 0) is 161 Å². The van der Waals surface area contributed by atoms with Gasteiger partial charge in [-0.25, -0.2) is 0 Å². The summed E-state index contributed by atoms with van der Waals surface area (Å²) in [6, 6.07) is 0. The maximum Gasteiger partial charge on any atom is 0.306 e. The van der Waals surface area contributed by atoms with Gasteiger partial charge in [0.1, 0.15) is 13.2 Å². The van der Waals surface area contributed by atoms with Crippen molar-refractivity contribution in [2.45, 2.75) is 219 Å². The predicted molar refractivity (Wildman–Crippen MR) is 343 cm³/mol. The van der Waals surface area contributed by atoms with E-state index in [-0.39, 0.29) is 38.0 Å². The number of allylic oxidation sites excluding steroid dienone is 34. The minimum Gasteiger partial charge on any atom is -0.462 e. The lowest BCUT2D eigenvalue weighted by Crippen LogP contribution is -2.30. The molecule has 0 aliphatic heterocycles. The van der Waals surface area contributed by atoms with Crippen LogP contribution in [0, 0.1) is 0 Å². The molecule has 6 nitrogen and oxygen atoms in total. The van der Waals surface area contributed by atoms with Gasteiger partial charge in [-0.1, -0.05) is 240 Å². The Bertz CT molecular complexity index is 1960. The second kappa shape index (κ2) is 64.5. The second-order valence-corrected chi connectivity index (χ2v) is 19.1. The van der Waals surface area contributed by atoms with Gasteiger partial charge in [0.2, 0.25) is 0 Å². The molecule has 0 bridgehead atoms. The third kappa shape index (κ3) is 62.7. The Morgan fingerprint density at radius 3 is 0.722 bits per heavy atom. The van der Waals surface area contributed by atoms with Crippen LogP contribution in [-0.4, -0.2) is 37.2 Å². The average molecular weight is 1080 g/mol. The van der Waals surface area contributed by atoms with Gasteiger partial charge in [0.15, 0.2) is 6.10 Å². The molecular formula is C73H108O6. The maximum absolute atomic E-state index is 12.9. The van der Waals surface area contributed by atoms with Gasteiger partial charge in [-0.2, -0.15) is 0 Å². The number of hydrogen-bond donors (Lipinski definition) is 0. The lowest BCUT2D eigenvalue weighted by molar-refractivity contribution is -0.167. The monoisotopic (exact) mass is 1080 g/mol. The molecule has 0 spiro atoms. The number of rotatable bonds is 52. The molecule has 0 heterocycles. The zero-order valence-electron chi connectivity index (χ0n) is 49.8. The number of esters is 3. The predicted octanol–water partition coefficient (Wildman–Crippen LogP) is 21.2. The van der Waals surface area contributed by atoms with Crippen LogP contribution in [0.5, 0.6) is 0 Å². The summed E-state index contributed by atoms with van der Waals surface area (Å²) in [5.41, 5.74) is 0. The summed E-state index contributed by atoms with van der Waals surface area (Å²) in [5, 5.41) is 0. The summed E-state index contributed by atoms with van der Waals surface area (Å²) >= 11 is 0.